The van der Waals surface area contributed by atoms with Crippen LogP contribution in [0.15, 0.2) is 23.1 Å². The van der Waals surface area contributed by atoms with Crippen LogP contribution in [0.4, 0.5) is 0 Å². The Labute approximate surface area is 81.0 Å². The molecule has 4 heteroatoms. The van der Waals surface area contributed by atoms with Crippen molar-refractivity contribution < 1.29 is 4.84 Å². The first-order valence-corrected chi connectivity index (χ1v) is 5.01. The summed E-state index contributed by atoms with van der Waals surface area (Å²) in [4.78, 5) is 5.63. The molecule has 0 fully saturated rings. The average Bonchev–Trinajstić information content (AvgIpc) is 2.04. The number of nitrogens with two attached hydrogens (primary N) is 1. The lowest BCUT2D eigenvalue weighted by atomic mass is 10.2. The van der Waals surface area contributed by atoms with E-state index in [2.05, 4.69) is 4.84 Å². The van der Waals surface area contributed by atoms with Crippen LogP contribution in [0.5, 0.6) is 0 Å². The third-order valence-corrected chi connectivity index (χ3v) is 2.34. The van der Waals surface area contributed by atoms with Crippen LogP contribution in [0.1, 0.15) is 5.56 Å². The van der Waals surface area contributed by atoms with E-state index in [-0.39, 0.29) is 0 Å². The number of benzene rings is 1. The van der Waals surface area contributed by atoms with Crippen molar-refractivity contribution in [2.75, 3.05) is 6.26 Å². The minimum atomic E-state index is 0.397. The van der Waals surface area contributed by atoms with Crippen molar-refractivity contribution in [1.82, 2.24) is 0 Å². The molecule has 0 amide bonds. The van der Waals surface area contributed by atoms with E-state index in [9.17, 15) is 0 Å². The van der Waals surface area contributed by atoms with Gasteiger partial charge in [-0.05, 0) is 30.0 Å². The van der Waals surface area contributed by atoms with Gasteiger partial charge in [0.15, 0.2) is 0 Å². The summed E-state index contributed by atoms with van der Waals surface area (Å²) >= 11 is 7.50. The van der Waals surface area contributed by atoms with Crippen LogP contribution in [0.3, 0.4) is 0 Å². The van der Waals surface area contributed by atoms with E-state index >= 15 is 0 Å². The fourth-order valence-electron chi connectivity index (χ4n) is 0.918. The molecule has 1 rings (SSSR count). The lowest BCUT2D eigenvalue weighted by Crippen LogP contribution is -1.98. The lowest BCUT2D eigenvalue weighted by Gasteiger charge is -2.02. The first kappa shape index (κ1) is 9.86. The maximum absolute atomic E-state index is 5.85. The zero-order valence-corrected chi connectivity index (χ0v) is 8.28. The topological polar surface area (TPSA) is 35.2 Å². The summed E-state index contributed by atoms with van der Waals surface area (Å²) in [7, 11) is 0. The van der Waals surface area contributed by atoms with Gasteiger partial charge in [-0.15, -0.1) is 11.8 Å². The molecule has 0 saturated heterocycles. The van der Waals surface area contributed by atoms with Crippen molar-refractivity contribution >= 4 is 23.4 Å². The van der Waals surface area contributed by atoms with Crippen LogP contribution in [0, 0.1) is 0 Å². The summed E-state index contributed by atoms with van der Waals surface area (Å²) in [6.07, 6.45) is 2.00. The summed E-state index contributed by atoms with van der Waals surface area (Å²) in [6, 6.07) is 5.75. The smallest absolute Gasteiger partial charge is 0.0930 e. The quantitative estimate of drug-likeness (QED) is 0.606. The standard InChI is InChI=1S/C8H10ClNOS/c1-12-8-3-6(5-11-10)2-7(9)4-8/h2-4H,5,10H2,1H3. The van der Waals surface area contributed by atoms with Gasteiger partial charge in [-0.1, -0.05) is 11.6 Å². The predicted octanol–water partition coefficient (Wildman–Crippen LogP) is 2.45. The third kappa shape index (κ3) is 2.68. The number of hydrogen-bond acceptors (Lipinski definition) is 3. The summed E-state index contributed by atoms with van der Waals surface area (Å²) < 4.78 is 0. The molecular weight excluding hydrogens is 194 g/mol. The van der Waals surface area contributed by atoms with Crippen LogP contribution in [0.2, 0.25) is 5.02 Å². The molecule has 0 aliphatic carbocycles. The maximum atomic E-state index is 5.85. The minimum Gasteiger partial charge on any atom is -0.300 e. The number of halogens is 1. The highest BCUT2D eigenvalue weighted by Crippen LogP contribution is 2.22. The Balaban J connectivity index is 2.90. The van der Waals surface area contributed by atoms with Crippen molar-refractivity contribution in [2.45, 2.75) is 11.5 Å². The zero-order chi connectivity index (χ0) is 8.97. The fraction of sp³-hybridized carbons (Fsp3) is 0.250. The fourth-order valence-corrected chi connectivity index (χ4v) is 1.75. The molecule has 0 heterocycles. The number of rotatable bonds is 3. The van der Waals surface area contributed by atoms with Crippen LogP contribution in [0.25, 0.3) is 0 Å². The van der Waals surface area contributed by atoms with Crippen molar-refractivity contribution in [1.29, 1.82) is 0 Å². The van der Waals surface area contributed by atoms with Gasteiger partial charge >= 0.3 is 0 Å². The van der Waals surface area contributed by atoms with E-state index in [1.165, 1.54) is 0 Å². The Bertz CT molecular complexity index is 267. The monoisotopic (exact) mass is 203 g/mol. The van der Waals surface area contributed by atoms with E-state index < -0.39 is 0 Å². The van der Waals surface area contributed by atoms with Crippen LogP contribution in [-0.4, -0.2) is 6.26 Å². The van der Waals surface area contributed by atoms with Crippen LogP contribution >= 0.6 is 23.4 Å². The summed E-state index contributed by atoms with van der Waals surface area (Å²) in [5.41, 5.74) is 0.995. The minimum absolute atomic E-state index is 0.397. The van der Waals surface area contributed by atoms with Crippen molar-refractivity contribution in [3.63, 3.8) is 0 Å². The van der Waals surface area contributed by atoms with Gasteiger partial charge in [0, 0.05) is 9.92 Å². The van der Waals surface area contributed by atoms with Gasteiger partial charge in [0.25, 0.3) is 0 Å². The van der Waals surface area contributed by atoms with Crippen LogP contribution < -0.4 is 5.90 Å². The van der Waals surface area contributed by atoms with Crippen molar-refractivity contribution in [2.24, 2.45) is 5.90 Å². The second-order valence-electron chi connectivity index (χ2n) is 2.31. The van der Waals surface area contributed by atoms with Gasteiger partial charge in [0.05, 0.1) is 6.61 Å². The molecule has 0 saturated carbocycles. The Morgan fingerprint density at radius 3 is 2.83 bits per heavy atom. The first-order chi connectivity index (χ1) is 5.76. The first-order valence-electron chi connectivity index (χ1n) is 3.41. The Morgan fingerprint density at radius 1 is 1.50 bits per heavy atom. The summed E-state index contributed by atoms with van der Waals surface area (Å²) in [5, 5.41) is 0.717. The molecule has 2 nitrogen and oxygen atoms in total. The number of thioether (sulfide) groups is 1. The zero-order valence-electron chi connectivity index (χ0n) is 6.71. The van der Waals surface area contributed by atoms with Gasteiger partial charge < -0.3 is 0 Å². The lowest BCUT2D eigenvalue weighted by molar-refractivity contribution is 0.124. The van der Waals surface area contributed by atoms with Gasteiger partial charge in [-0.2, -0.15) is 0 Å². The Hall–Kier alpha value is -0.220. The molecule has 0 aliphatic rings. The number of hydrogen-bond donors (Lipinski definition) is 1. The van der Waals surface area contributed by atoms with Gasteiger partial charge in [0.1, 0.15) is 0 Å². The predicted molar refractivity (Wildman–Crippen MR) is 52.2 cm³/mol. The molecule has 0 aliphatic heterocycles. The summed E-state index contributed by atoms with van der Waals surface area (Å²) in [5.74, 6) is 4.95. The van der Waals surface area contributed by atoms with E-state index in [4.69, 9.17) is 17.5 Å². The molecule has 0 spiro atoms. The molecule has 1 aromatic carbocycles. The van der Waals surface area contributed by atoms with E-state index in [0.29, 0.717) is 11.6 Å². The van der Waals surface area contributed by atoms with Gasteiger partial charge in [0.2, 0.25) is 0 Å². The third-order valence-electron chi connectivity index (χ3n) is 1.42. The molecule has 0 unspecified atom stereocenters. The van der Waals surface area contributed by atoms with Crippen LogP contribution in [-0.2, 0) is 11.4 Å². The molecule has 0 atom stereocenters. The molecule has 0 bridgehead atoms. The van der Waals surface area contributed by atoms with Gasteiger partial charge in [-0.3, -0.25) is 4.84 Å². The Morgan fingerprint density at radius 2 is 2.25 bits per heavy atom. The molecule has 2 N–H and O–H groups in total. The molecule has 66 valence electrons. The highest BCUT2D eigenvalue weighted by molar-refractivity contribution is 7.98. The van der Waals surface area contributed by atoms with E-state index in [1.807, 2.05) is 24.5 Å². The molecule has 1 aromatic rings. The van der Waals surface area contributed by atoms with Gasteiger partial charge in [-0.25, -0.2) is 5.90 Å². The maximum Gasteiger partial charge on any atom is 0.0930 e. The second kappa shape index (κ2) is 4.72. The second-order valence-corrected chi connectivity index (χ2v) is 3.63. The van der Waals surface area contributed by atoms with E-state index in [1.54, 1.807) is 11.8 Å². The molecular formula is C8H10ClNOS. The normalized spacial score (nSPS) is 10.2. The van der Waals surface area contributed by atoms with Crippen molar-refractivity contribution in [3.8, 4) is 0 Å². The highest BCUT2D eigenvalue weighted by Gasteiger charge is 1.98. The molecule has 0 aromatic heterocycles. The largest absolute Gasteiger partial charge is 0.300 e. The molecule has 12 heavy (non-hydrogen) atoms. The SMILES string of the molecule is CSc1cc(Cl)cc(CON)c1. The highest BCUT2D eigenvalue weighted by atomic mass is 35.5. The summed E-state index contributed by atoms with van der Waals surface area (Å²) in [6.45, 7) is 0.397. The van der Waals surface area contributed by atoms with E-state index in [0.717, 1.165) is 10.5 Å². The van der Waals surface area contributed by atoms with Crippen molar-refractivity contribution in [3.05, 3.63) is 28.8 Å². The average molecular weight is 204 g/mol. The Kier molecular flexibility index (Phi) is 3.88. The molecule has 0 radical (unpaired) electrons.